The van der Waals surface area contributed by atoms with E-state index in [0.29, 0.717) is 10.7 Å². The first-order valence-electron chi connectivity index (χ1n) is 6.82. The van der Waals surface area contributed by atoms with E-state index in [-0.39, 0.29) is 11.7 Å². The number of rotatable bonds is 4. The van der Waals surface area contributed by atoms with Gasteiger partial charge in [-0.25, -0.2) is 9.37 Å². The molecule has 116 valence electrons. The van der Waals surface area contributed by atoms with Gasteiger partial charge in [-0.05, 0) is 42.7 Å². The molecule has 0 spiro atoms. The van der Waals surface area contributed by atoms with Crippen LogP contribution in [0.5, 0.6) is 0 Å². The molecular formula is C17H13FN2OS2. The van der Waals surface area contributed by atoms with Crippen molar-refractivity contribution in [2.45, 2.75) is 4.90 Å². The van der Waals surface area contributed by atoms with Gasteiger partial charge in [0.05, 0.1) is 5.69 Å². The zero-order valence-corrected chi connectivity index (χ0v) is 13.9. The zero-order chi connectivity index (χ0) is 16.2. The summed E-state index contributed by atoms with van der Waals surface area (Å²) in [7, 11) is 0. The molecular weight excluding hydrogens is 331 g/mol. The molecule has 3 nitrogen and oxygen atoms in total. The standard InChI is InChI=1S/C17H13FN2OS2/c1-22-14-8-4-11(5-9-14)15-10-23-17(19-15)20-16(21)12-2-6-13(18)7-3-12/h2-10H,1H3,(H,19,20,21). The second-order valence-electron chi connectivity index (χ2n) is 4.73. The lowest BCUT2D eigenvalue weighted by molar-refractivity contribution is 0.102. The second-order valence-corrected chi connectivity index (χ2v) is 6.47. The number of nitrogens with zero attached hydrogens (tertiary/aromatic N) is 1. The van der Waals surface area contributed by atoms with Crippen LogP contribution in [0.4, 0.5) is 9.52 Å². The third kappa shape index (κ3) is 3.78. The lowest BCUT2D eigenvalue weighted by atomic mass is 10.2. The van der Waals surface area contributed by atoms with Gasteiger partial charge in [0.1, 0.15) is 5.82 Å². The van der Waals surface area contributed by atoms with Crippen molar-refractivity contribution >= 4 is 34.1 Å². The van der Waals surface area contributed by atoms with Crippen LogP contribution in [0.2, 0.25) is 0 Å². The largest absolute Gasteiger partial charge is 0.298 e. The van der Waals surface area contributed by atoms with Gasteiger partial charge in [-0.2, -0.15) is 0 Å². The van der Waals surface area contributed by atoms with E-state index in [0.717, 1.165) is 11.3 Å². The van der Waals surface area contributed by atoms with Crippen LogP contribution in [0.25, 0.3) is 11.3 Å². The number of anilines is 1. The summed E-state index contributed by atoms with van der Waals surface area (Å²) in [5, 5.41) is 5.15. The summed E-state index contributed by atoms with van der Waals surface area (Å²) in [5.41, 5.74) is 2.21. The van der Waals surface area contributed by atoms with E-state index in [2.05, 4.69) is 10.3 Å². The molecule has 0 atom stereocenters. The van der Waals surface area contributed by atoms with E-state index < -0.39 is 0 Å². The van der Waals surface area contributed by atoms with Gasteiger partial charge < -0.3 is 0 Å². The maximum absolute atomic E-state index is 12.9. The van der Waals surface area contributed by atoms with Crippen LogP contribution < -0.4 is 5.32 Å². The minimum atomic E-state index is -0.369. The molecule has 0 unspecified atom stereocenters. The molecule has 3 aromatic rings. The molecule has 0 radical (unpaired) electrons. The molecule has 2 aromatic carbocycles. The zero-order valence-electron chi connectivity index (χ0n) is 12.2. The highest BCUT2D eigenvalue weighted by Gasteiger charge is 2.10. The fourth-order valence-corrected chi connectivity index (χ4v) is 3.12. The second kappa shape index (κ2) is 6.93. The molecule has 0 saturated carbocycles. The van der Waals surface area contributed by atoms with E-state index in [1.165, 1.54) is 40.5 Å². The third-order valence-electron chi connectivity index (χ3n) is 3.22. The van der Waals surface area contributed by atoms with E-state index in [4.69, 9.17) is 0 Å². The number of nitrogens with one attached hydrogen (secondary N) is 1. The van der Waals surface area contributed by atoms with Crippen molar-refractivity contribution in [3.63, 3.8) is 0 Å². The van der Waals surface area contributed by atoms with Crippen LogP contribution in [0.3, 0.4) is 0 Å². The molecule has 0 saturated heterocycles. The Morgan fingerprint density at radius 1 is 1.13 bits per heavy atom. The number of thiazole rings is 1. The first-order valence-corrected chi connectivity index (χ1v) is 8.93. The Balaban J connectivity index is 1.73. The molecule has 23 heavy (non-hydrogen) atoms. The number of hydrogen-bond donors (Lipinski definition) is 1. The first kappa shape index (κ1) is 15.7. The number of carbonyl (C=O) groups is 1. The lowest BCUT2D eigenvalue weighted by Gasteiger charge is -2.01. The molecule has 0 aliphatic rings. The molecule has 3 rings (SSSR count). The third-order valence-corrected chi connectivity index (χ3v) is 4.72. The van der Waals surface area contributed by atoms with Gasteiger partial charge in [0.2, 0.25) is 0 Å². The van der Waals surface area contributed by atoms with E-state index >= 15 is 0 Å². The predicted molar refractivity (Wildman–Crippen MR) is 93.7 cm³/mol. The molecule has 1 amide bonds. The van der Waals surface area contributed by atoms with Crippen LogP contribution in [-0.4, -0.2) is 17.1 Å². The molecule has 0 fully saturated rings. The highest BCUT2D eigenvalue weighted by molar-refractivity contribution is 7.98. The van der Waals surface area contributed by atoms with E-state index in [1.54, 1.807) is 11.8 Å². The maximum Gasteiger partial charge on any atom is 0.257 e. The molecule has 0 aliphatic carbocycles. The van der Waals surface area contributed by atoms with Crippen LogP contribution in [-0.2, 0) is 0 Å². The minimum absolute atomic E-state index is 0.302. The van der Waals surface area contributed by atoms with Crippen molar-refractivity contribution in [1.82, 2.24) is 4.98 Å². The van der Waals surface area contributed by atoms with Crippen molar-refractivity contribution in [2.24, 2.45) is 0 Å². The lowest BCUT2D eigenvalue weighted by Crippen LogP contribution is -2.11. The Bertz CT molecular complexity index is 813. The molecule has 0 aliphatic heterocycles. The number of aromatic nitrogens is 1. The van der Waals surface area contributed by atoms with Gasteiger partial charge in [0, 0.05) is 21.4 Å². The summed E-state index contributed by atoms with van der Waals surface area (Å²) in [5.74, 6) is -0.671. The Morgan fingerprint density at radius 3 is 2.48 bits per heavy atom. The number of benzene rings is 2. The van der Waals surface area contributed by atoms with Crippen LogP contribution in [0.15, 0.2) is 58.8 Å². The highest BCUT2D eigenvalue weighted by atomic mass is 32.2. The average molecular weight is 344 g/mol. The first-order chi connectivity index (χ1) is 11.2. The predicted octanol–water partition coefficient (Wildman–Crippen LogP) is 4.92. The van der Waals surface area contributed by atoms with Crippen LogP contribution in [0, 0.1) is 5.82 Å². The highest BCUT2D eigenvalue weighted by Crippen LogP contribution is 2.27. The van der Waals surface area contributed by atoms with Gasteiger partial charge in [-0.1, -0.05) is 12.1 Å². The fourth-order valence-electron chi connectivity index (χ4n) is 2.00. The molecule has 0 bridgehead atoms. The molecule has 1 aromatic heterocycles. The summed E-state index contributed by atoms with van der Waals surface area (Å²) in [6.45, 7) is 0. The van der Waals surface area contributed by atoms with Crippen molar-refractivity contribution in [1.29, 1.82) is 0 Å². The summed E-state index contributed by atoms with van der Waals surface area (Å²) >= 11 is 3.04. The van der Waals surface area contributed by atoms with Crippen LogP contribution in [0.1, 0.15) is 10.4 Å². The van der Waals surface area contributed by atoms with Crippen molar-refractivity contribution < 1.29 is 9.18 Å². The summed E-state index contributed by atoms with van der Waals surface area (Å²) < 4.78 is 12.9. The number of thioether (sulfide) groups is 1. The number of hydrogen-bond acceptors (Lipinski definition) is 4. The van der Waals surface area contributed by atoms with Crippen molar-refractivity contribution in [3.8, 4) is 11.3 Å². The SMILES string of the molecule is CSc1ccc(-c2csc(NC(=O)c3ccc(F)cc3)n2)cc1. The molecule has 6 heteroatoms. The van der Waals surface area contributed by atoms with Gasteiger partial charge in [-0.3, -0.25) is 10.1 Å². The number of carbonyl (C=O) groups excluding carboxylic acids is 1. The Morgan fingerprint density at radius 2 is 1.83 bits per heavy atom. The van der Waals surface area contributed by atoms with Crippen LogP contribution >= 0.6 is 23.1 Å². The molecule has 1 heterocycles. The maximum atomic E-state index is 12.9. The monoisotopic (exact) mass is 344 g/mol. The Labute approximate surface area is 141 Å². The summed E-state index contributed by atoms with van der Waals surface area (Å²) in [6.07, 6.45) is 2.03. The van der Waals surface area contributed by atoms with Gasteiger partial charge >= 0.3 is 0 Å². The molecule has 1 N–H and O–H groups in total. The quantitative estimate of drug-likeness (QED) is 0.683. The van der Waals surface area contributed by atoms with Gasteiger partial charge in [-0.15, -0.1) is 23.1 Å². The van der Waals surface area contributed by atoms with Crippen molar-refractivity contribution in [3.05, 3.63) is 65.3 Å². The fraction of sp³-hybridized carbons (Fsp3) is 0.0588. The van der Waals surface area contributed by atoms with E-state index in [1.807, 2.05) is 35.9 Å². The van der Waals surface area contributed by atoms with Gasteiger partial charge in [0.25, 0.3) is 5.91 Å². The van der Waals surface area contributed by atoms with Crippen molar-refractivity contribution in [2.75, 3.05) is 11.6 Å². The smallest absolute Gasteiger partial charge is 0.257 e. The minimum Gasteiger partial charge on any atom is -0.298 e. The Kier molecular flexibility index (Phi) is 4.73. The normalized spacial score (nSPS) is 10.5. The summed E-state index contributed by atoms with van der Waals surface area (Å²) in [6, 6.07) is 13.5. The van der Waals surface area contributed by atoms with Gasteiger partial charge in [0.15, 0.2) is 5.13 Å². The topological polar surface area (TPSA) is 42.0 Å². The number of amides is 1. The average Bonchev–Trinajstić information content (AvgIpc) is 3.04. The summed E-state index contributed by atoms with van der Waals surface area (Å²) in [4.78, 5) is 17.7. The van der Waals surface area contributed by atoms with E-state index in [9.17, 15) is 9.18 Å². The Hall–Kier alpha value is -2.18. The number of halogens is 1.